The molecule has 0 saturated carbocycles. The van der Waals surface area contributed by atoms with E-state index >= 15 is 0 Å². The zero-order chi connectivity index (χ0) is 10.1. The Balaban J connectivity index is 2.41. The first-order valence-corrected chi connectivity index (χ1v) is 5.01. The molecule has 0 aliphatic carbocycles. The van der Waals surface area contributed by atoms with Crippen molar-refractivity contribution in [2.75, 3.05) is 7.11 Å². The average Bonchev–Trinajstić information content (AvgIpc) is 2.23. The van der Waals surface area contributed by atoms with Crippen LogP contribution in [-0.2, 0) is 11.3 Å². The van der Waals surface area contributed by atoms with Crippen LogP contribution in [0.2, 0.25) is 0 Å². The zero-order valence-electron chi connectivity index (χ0n) is 8.91. The largest absolute Gasteiger partial charge is 0.497 e. The van der Waals surface area contributed by atoms with Crippen molar-refractivity contribution < 1.29 is 9.47 Å². The summed E-state index contributed by atoms with van der Waals surface area (Å²) >= 11 is 0. The van der Waals surface area contributed by atoms with Gasteiger partial charge in [0.25, 0.3) is 0 Å². The van der Waals surface area contributed by atoms with E-state index in [1.807, 2.05) is 6.07 Å². The van der Waals surface area contributed by atoms with E-state index in [-0.39, 0.29) is 0 Å². The van der Waals surface area contributed by atoms with Gasteiger partial charge in [0.1, 0.15) is 5.75 Å². The molecule has 1 aliphatic rings. The number of hydrogen-bond donors (Lipinski definition) is 0. The fraction of sp³-hybridized carbons (Fsp3) is 0.500. The van der Waals surface area contributed by atoms with Gasteiger partial charge >= 0.3 is 0 Å². The van der Waals surface area contributed by atoms with Crippen molar-refractivity contribution in [3.05, 3.63) is 29.3 Å². The number of methoxy groups -OCH3 is 1. The van der Waals surface area contributed by atoms with E-state index < -0.39 is 0 Å². The van der Waals surface area contributed by atoms with Gasteiger partial charge in [0.15, 0.2) is 0 Å². The van der Waals surface area contributed by atoms with Crippen LogP contribution in [-0.4, -0.2) is 13.2 Å². The minimum absolute atomic E-state index is 0.301. The maximum Gasteiger partial charge on any atom is 0.119 e. The highest BCUT2D eigenvalue weighted by molar-refractivity contribution is 5.38. The highest BCUT2D eigenvalue weighted by Gasteiger charge is 2.23. The first-order valence-electron chi connectivity index (χ1n) is 5.01. The van der Waals surface area contributed by atoms with Crippen molar-refractivity contribution in [2.24, 2.45) is 0 Å². The Kier molecular flexibility index (Phi) is 2.46. The van der Waals surface area contributed by atoms with Gasteiger partial charge in [-0.3, -0.25) is 0 Å². The summed E-state index contributed by atoms with van der Waals surface area (Å²) in [5, 5.41) is 0. The van der Waals surface area contributed by atoms with E-state index in [0.29, 0.717) is 12.0 Å². The van der Waals surface area contributed by atoms with E-state index in [2.05, 4.69) is 26.0 Å². The number of ether oxygens (including phenoxy) is 2. The van der Waals surface area contributed by atoms with E-state index in [0.717, 1.165) is 12.4 Å². The van der Waals surface area contributed by atoms with Gasteiger partial charge in [0.05, 0.1) is 19.8 Å². The Hall–Kier alpha value is -1.02. The van der Waals surface area contributed by atoms with E-state index in [9.17, 15) is 0 Å². The summed E-state index contributed by atoms with van der Waals surface area (Å²) in [5.41, 5.74) is 2.65. The molecule has 1 aromatic rings. The molecule has 0 aromatic heterocycles. The smallest absolute Gasteiger partial charge is 0.119 e. The molecular formula is C12H16O2. The second-order valence-corrected chi connectivity index (χ2v) is 3.87. The van der Waals surface area contributed by atoms with Gasteiger partial charge in [0, 0.05) is 5.92 Å². The Morgan fingerprint density at radius 1 is 1.36 bits per heavy atom. The second-order valence-electron chi connectivity index (χ2n) is 3.87. The van der Waals surface area contributed by atoms with Gasteiger partial charge in [-0.2, -0.15) is 0 Å². The Morgan fingerprint density at radius 3 is 2.86 bits per heavy atom. The second kappa shape index (κ2) is 3.62. The van der Waals surface area contributed by atoms with Crippen molar-refractivity contribution in [2.45, 2.75) is 32.5 Å². The summed E-state index contributed by atoms with van der Waals surface area (Å²) in [6.07, 6.45) is 0.301. The highest BCUT2D eigenvalue weighted by atomic mass is 16.5. The molecular weight excluding hydrogens is 176 g/mol. The third kappa shape index (κ3) is 1.50. The maximum absolute atomic E-state index is 5.65. The highest BCUT2D eigenvalue weighted by Crippen LogP contribution is 2.33. The average molecular weight is 192 g/mol. The standard InChI is InChI=1S/C12H16O2/c1-8-9(2)14-7-10-4-5-11(13-3)6-12(8)10/h4-6,8-9H,7H2,1-3H3. The Labute approximate surface area is 84.8 Å². The third-order valence-electron chi connectivity index (χ3n) is 3.05. The van der Waals surface area contributed by atoms with Crippen LogP contribution >= 0.6 is 0 Å². The predicted octanol–water partition coefficient (Wildman–Crippen LogP) is 2.72. The maximum atomic E-state index is 5.65. The first kappa shape index (κ1) is 9.53. The van der Waals surface area contributed by atoms with Gasteiger partial charge < -0.3 is 9.47 Å². The van der Waals surface area contributed by atoms with Crippen LogP contribution in [0.3, 0.4) is 0 Å². The number of rotatable bonds is 1. The summed E-state index contributed by atoms with van der Waals surface area (Å²) in [6.45, 7) is 5.04. The van der Waals surface area contributed by atoms with Crippen LogP contribution in [0.4, 0.5) is 0 Å². The summed E-state index contributed by atoms with van der Waals surface area (Å²) in [5.74, 6) is 1.39. The van der Waals surface area contributed by atoms with Gasteiger partial charge in [-0.05, 0) is 30.2 Å². The van der Waals surface area contributed by atoms with Gasteiger partial charge in [-0.15, -0.1) is 0 Å². The number of fused-ring (bicyclic) bond motifs is 1. The van der Waals surface area contributed by atoms with Gasteiger partial charge in [-0.25, -0.2) is 0 Å². The molecule has 0 fully saturated rings. The topological polar surface area (TPSA) is 18.5 Å². The molecule has 2 unspecified atom stereocenters. The number of benzene rings is 1. The SMILES string of the molecule is COc1ccc2c(c1)C(C)C(C)OC2. The quantitative estimate of drug-likeness (QED) is 0.681. The molecule has 0 radical (unpaired) electrons. The van der Waals surface area contributed by atoms with Crippen molar-refractivity contribution in [3.63, 3.8) is 0 Å². The summed E-state index contributed by atoms with van der Waals surface area (Å²) in [4.78, 5) is 0. The molecule has 0 saturated heterocycles. The molecule has 1 aliphatic heterocycles. The van der Waals surface area contributed by atoms with Crippen molar-refractivity contribution in [1.29, 1.82) is 0 Å². The van der Waals surface area contributed by atoms with Gasteiger partial charge in [0.2, 0.25) is 0 Å². The van der Waals surface area contributed by atoms with E-state index in [4.69, 9.17) is 9.47 Å². The summed E-state index contributed by atoms with van der Waals surface area (Å²) < 4.78 is 10.9. The van der Waals surface area contributed by atoms with E-state index in [1.54, 1.807) is 7.11 Å². The lowest BCUT2D eigenvalue weighted by atomic mass is 9.89. The minimum atomic E-state index is 0.301. The normalized spacial score (nSPS) is 25.6. The van der Waals surface area contributed by atoms with Crippen LogP contribution in [0.1, 0.15) is 30.9 Å². The molecule has 2 atom stereocenters. The monoisotopic (exact) mass is 192 g/mol. The van der Waals surface area contributed by atoms with Crippen LogP contribution in [0, 0.1) is 0 Å². The van der Waals surface area contributed by atoms with Gasteiger partial charge in [-0.1, -0.05) is 13.0 Å². The molecule has 2 heteroatoms. The minimum Gasteiger partial charge on any atom is -0.497 e. The van der Waals surface area contributed by atoms with Crippen LogP contribution in [0.5, 0.6) is 5.75 Å². The molecule has 1 aromatic carbocycles. The Morgan fingerprint density at radius 2 is 2.14 bits per heavy atom. The van der Waals surface area contributed by atoms with Crippen molar-refractivity contribution >= 4 is 0 Å². The lowest BCUT2D eigenvalue weighted by Gasteiger charge is -2.29. The molecule has 1 heterocycles. The third-order valence-corrected chi connectivity index (χ3v) is 3.05. The molecule has 0 bridgehead atoms. The first-order chi connectivity index (χ1) is 6.72. The lowest BCUT2D eigenvalue weighted by molar-refractivity contribution is 0.0241. The molecule has 2 rings (SSSR count). The zero-order valence-corrected chi connectivity index (χ0v) is 8.91. The summed E-state index contributed by atoms with van der Waals surface area (Å²) in [6, 6.07) is 6.21. The molecule has 0 N–H and O–H groups in total. The molecule has 76 valence electrons. The lowest BCUT2D eigenvalue weighted by Crippen LogP contribution is -2.23. The predicted molar refractivity (Wildman–Crippen MR) is 55.7 cm³/mol. The van der Waals surface area contributed by atoms with Crippen LogP contribution in [0.25, 0.3) is 0 Å². The summed E-state index contributed by atoms with van der Waals surface area (Å²) in [7, 11) is 1.70. The van der Waals surface area contributed by atoms with Crippen molar-refractivity contribution in [1.82, 2.24) is 0 Å². The molecule has 0 spiro atoms. The number of hydrogen-bond acceptors (Lipinski definition) is 2. The Bertz CT molecular complexity index is 333. The van der Waals surface area contributed by atoms with Crippen molar-refractivity contribution in [3.8, 4) is 5.75 Å². The van der Waals surface area contributed by atoms with E-state index in [1.165, 1.54) is 11.1 Å². The molecule has 14 heavy (non-hydrogen) atoms. The van der Waals surface area contributed by atoms with Crippen LogP contribution < -0.4 is 4.74 Å². The fourth-order valence-electron chi connectivity index (χ4n) is 1.87. The fourth-order valence-corrected chi connectivity index (χ4v) is 1.87. The van der Waals surface area contributed by atoms with Crippen LogP contribution in [0.15, 0.2) is 18.2 Å². The molecule has 2 nitrogen and oxygen atoms in total. The molecule has 0 amide bonds.